The number of piperidine rings is 3. The zero-order chi connectivity index (χ0) is 21.8. The number of anilines is 1. The summed E-state index contributed by atoms with van der Waals surface area (Å²) in [6.45, 7) is 3.31. The van der Waals surface area contributed by atoms with Crippen LogP contribution in [0, 0.1) is 5.92 Å². The second-order valence-electron chi connectivity index (χ2n) is 8.03. The van der Waals surface area contributed by atoms with Gasteiger partial charge in [-0.15, -0.1) is 0 Å². The number of amides is 1. The number of esters is 1. The second-order valence-corrected chi connectivity index (χ2v) is 8.03. The molecule has 7 nitrogen and oxygen atoms in total. The molecule has 3 heterocycles. The largest absolute Gasteiger partial charge is 0.497 e. The van der Waals surface area contributed by atoms with Crippen LogP contribution in [0.1, 0.15) is 28.8 Å². The van der Waals surface area contributed by atoms with Gasteiger partial charge in [-0.3, -0.25) is 9.80 Å². The molecule has 0 unspecified atom stereocenters. The molecule has 2 aromatic rings. The van der Waals surface area contributed by atoms with E-state index in [2.05, 4.69) is 4.90 Å². The average molecular weight is 424 g/mol. The van der Waals surface area contributed by atoms with E-state index in [4.69, 9.17) is 14.2 Å². The zero-order valence-electron chi connectivity index (χ0n) is 18.0. The maximum absolute atomic E-state index is 13.2. The Balaban J connectivity index is 1.53. The van der Waals surface area contributed by atoms with E-state index in [-0.39, 0.29) is 18.2 Å². The first kappa shape index (κ1) is 21.2. The summed E-state index contributed by atoms with van der Waals surface area (Å²) < 4.78 is 16.0. The van der Waals surface area contributed by atoms with Crippen molar-refractivity contribution in [1.82, 2.24) is 4.90 Å². The van der Waals surface area contributed by atoms with Crippen molar-refractivity contribution < 1.29 is 23.8 Å². The standard InChI is InChI=1S/C24H28N2O5/c1-29-21-9-7-20(8-10-21)26(15-17-3-5-19(6-4-17)23(27)30-2)24(28)31-22-16-25-13-11-18(22)12-14-25/h3-10,18,22H,11-16H2,1-2H3/t22-/m0/s1. The highest BCUT2D eigenvalue weighted by atomic mass is 16.6. The summed E-state index contributed by atoms with van der Waals surface area (Å²) in [5, 5.41) is 0. The van der Waals surface area contributed by atoms with Gasteiger partial charge >= 0.3 is 12.1 Å². The lowest BCUT2D eigenvalue weighted by atomic mass is 9.86. The number of benzene rings is 2. The van der Waals surface area contributed by atoms with Crippen LogP contribution in [-0.4, -0.2) is 56.9 Å². The molecule has 5 rings (SSSR count). The Labute approximate surface area is 182 Å². The van der Waals surface area contributed by atoms with Crippen LogP contribution in [0.4, 0.5) is 10.5 Å². The van der Waals surface area contributed by atoms with Crippen molar-refractivity contribution >= 4 is 17.7 Å². The van der Waals surface area contributed by atoms with E-state index in [0.29, 0.717) is 18.0 Å². The molecule has 2 bridgehead atoms. The number of methoxy groups -OCH3 is 2. The fourth-order valence-electron chi connectivity index (χ4n) is 4.31. The molecule has 1 atom stereocenters. The maximum atomic E-state index is 13.2. The van der Waals surface area contributed by atoms with Crippen LogP contribution in [0.25, 0.3) is 0 Å². The highest BCUT2D eigenvalue weighted by Crippen LogP contribution is 2.31. The fourth-order valence-corrected chi connectivity index (χ4v) is 4.31. The van der Waals surface area contributed by atoms with Gasteiger partial charge in [0.05, 0.1) is 26.3 Å². The van der Waals surface area contributed by atoms with Gasteiger partial charge in [0.2, 0.25) is 0 Å². The third kappa shape index (κ3) is 4.82. The van der Waals surface area contributed by atoms with Crippen LogP contribution in [-0.2, 0) is 16.0 Å². The van der Waals surface area contributed by atoms with Gasteiger partial charge in [0.1, 0.15) is 11.9 Å². The van der Waals surface area contributed by atoms with Gasteiger partial charge < -0.3 is 14.2 Å². The Hall–Kier alpha value is -3.06. The molecular weight excluding hydrogens is 396 g/mol. The number of carbonyl (C=O) groups is 2. The average Bonchev–Trinajstić information content (AvgIpc) is 2.83. The summed E-state index contributed by atoms with van der Waals surface area (Å²) in [6.07, 6.45) is 1.73. The molecule has 3 fully saturated rings. The molecule has 0 spiro atoms. The molecule has 0 radical (unpaired) electrons. The van der Waals surface area contributed by atoms with Crippen LogP contribution >= 0.6 is 0 Å². The minimum Gasteiger partial charge on any atom is -0.497 e. The monoisotopic (exact) mass is 424 g/mol. The number of hydrogen-bond donors (Lipinski definition) is 0. The summed E-state index contributed by atoms with van der Waals surface area (Å²) in [5.74, 6) is 0.767. The van der Waals surface area contributed by atoms with E-state index in [1.807, 2.05) is 36.4 Å². The molecule has 7 heteroatoms. The Morgan fingerprint density at radius 3 is 2.23 bits per heavy atom. The molecule has 0 N–H and O–H groups in total. The minimum absolute atomic E-state index is 0.0718. The predicted octanol–water partition coefficient (Wildman–Crippen LogP) is 3.72. The summed E-state index contributed by atoms with van der Waals surface area (Å²) in [5.41, 5.74) is 2.08. The van der Waals surface area contributed by atoms with Crippen molar-refractivity contribution in [3.8, 4) is 5.75 Å². The van der Waals surface area contributed by atoms with Crippen LogP contribution in [0.15, 0.2) is 48.5 Å². The van der Waals surface area contributed by atoms with E-state index in [0.717, 1.165) is 49.5 Å². The first-order valence-corrected chi connectivity index (χ1v) is 10.6. The van der Waals surface area contributed by atoms with E-state index in [9.17, 15) is 9.59 Å². The van der Waals surface area contributed by atoms with E-state index in [1.54, 1.807) is 24.1 Å². The first-order chi connectivity index (χ1) is 15.1. The number of rotatable bonds is 6. The van der Waals surface area contributed by atoms with Crippen LogP contribution < -0.4 is 9.64 Å². The lowest BCUT2D eigenvalue weighted by Gasteiger charge is -2.44. The van der Waals surface area contributed by atoms with E-state index < -0.39 is 0 Å². The Bertz CT molecular complexity index is 905. The van der Waals surface area contributed by atoms with Crippen molar-refractivity contribution in [2.24, 2.45) is 5.92 Å². The normalized spacial score (nSPS) is 21.9. The van der Waals surface area contributed by atoms with Crippen molar-refractivity contribution in [3.05, 3.63) is 59.7 Å². The van der Waals surface area contributed by atoms with E-state index >= 15 is 0 Å². The summed E-state index contributed by atoms with van der Waals surface area (Å²) >= 11 is 0. The molecule has 1 amide bonds. The summed E-state index contributed by atoms with van der Waals surface area (Å²) in [4.78, 5) is 28.9. The highest BCUT2D eigenvalue weighted by molar-refractivity contribution is 5.90. The lowest BCUT2D eigenvalue weighted by Crippen LogP contribution is -2.53. The predicted molar refractivity (Wildman–Crippen MR) is 116 cm³/mol. The SMILES string of the molecule is COC(=O)c1ccc(CN(C(=O)O[C@H]2CN3CCC2CC3)c2ccc(OC)cc2)cc1. The van der Waals surface area contributed by atoms with Gasteiger partial charge in [0, 0.05) is 12.2 Å². The molecule has 0 saturated carbocycles. The van der Waals surface area contributed by atoms with Crippen molar-refractivity contribution in [3.63, 3.8) is 0 Å². The molecule has 31 heavy (non-hydrogen) atoms. The smallest absolute Gasteiger partial charge is 0.414 e. The minimum atomic E-state index is -0.389. The zero-order valence-corrected chi connectivity index (χ0v) is 18.0. The molecule has 3 saturated heterocycles. The van der Waals surface area contributed by atoms with Gasteiger partial charge in [0.25, 0.3) is 0 Å². The third-order valence-electron chi connectivity index (χ3n) is 6.17. The highest BCUT2D eigenvalue weighted by Gasteiger charge is 2.37. The molecule has 2 aromatic carbocycles. The first-order valence-electron chi connectivity index (χ1n) is 10.6. The topological polar surface area (TPSA) is 68.3 Å². The van der Waals surface area contributed by atoms with Crippen molar-refractivity contribution in [1.29, 1.82) is 0 Å². The quantitative estimate of drug-likeness (QED) is 0.659. The van der Waals surface area contributed by atoms with Crippen LogP contribution in [0.3, 0.4) is 0 Å². The molecule has 0 aliphatic carbocycles. The lowest BCUT2D eigenvalue weighted by molar-refractivity contribution is -0.0311. The summed E-state index contributed by atoms with van der Waals surface area (Å²) in [7, 11) is 2.96. The van der Waals surface area contributed by atoms with Gasteiger partial charge in [-0.25, -0.2) is 9.59 Å². The van der Waals surface area contributed by atoms with Gasteiger partial charge in [-0.2, -0.15) is 0 Å². The Morgan fingerprint density at radius 1 is 1.00 bits per heavy atom. The van der Waals surface area contributed by atoms with Gasteiger partial charge in [-0.1, -0.05) is 12.1 Å². The van der Waals surface area contributed by atoms with E-state index in [1.165, 1.54) is 7.11 Å². The Morgan fingerprint density at radius 2 is 1.68 bits per heavy atom. The molecule has 3 aliphatic heterocycles. The molecule has 3 aliphatic rings. The molecule has 0 aromatic heterocycles. The number of carbonyl (C=O) groups excluding carboxylic acids is 2. The molecular formula is C24H28N2O5. The number of hydrogen-bond acceptors (Lipinski definition) is 6. The summed E-state index contributed by atoms with van der Waals surface area (Å²) in [6, 6.07) is 14.4. The second kappa shape index (κ2) is 9.39. The van der Waals surface area contributed by atoms with Gasteiger partial charge in [0.15, 0.2) is 0 Å². The number of fused-ring (bicyclic) bond motifs is 3. The van der Waals surface area contributed by atoms with Crippen LogP contribution in [0.2, 0.25) is 0 Å². The van der Waals surface area contributed by atoms with Gasteiger partial charge in [-0.05, 0) is 73.8 Å². The molecule has 164 valence electrons. The maximum Gasteiger partial charge on any atom is 0.414 e. The Kier molecular flexibility index (Phi) is 6.42. The van der Waals surface area contributed by atoms with Crippen molar-refractivity contribution in [2.75, 3.05) is 38.8 Å². The number of nitrogens with zero attached hydrogens (tertiary/aromatic N) is 2. The van der Waals surface area contributed by atoms with Crippen molar-refractivity contribution in [2.45, 2.75) is 25.5 Å². The fraction of sp³-hybridized carbons (Fsp3) is 0.417. The van der Waals surface area contributed by atoms with Crippen LogP contribution in [0.5, 0.6) is 5.75 Å². The number of ether oxygens (including phenoxy) is 3. The third-order valence-corrected chi connectivity index (χ3v) is 6.17.